The fourth-order valence-electron chi connectivity index (χ4n) is 6.95. The number of hydrogen-bond acceptors (Lipinski definition) is 5. The van der Waals surface area contributed by atoms with E-state index in [1.54, 1.807) is 12.1 Å². The van der Waals surface area contributed by atoms with Crippen molar-refractivity contribution in [2.75, 3.05) is 52.1 Å². The lowest BCUT2D eigenvalue weighted by molar-refractivity contribution is -0.139. The number of nitrogens with zero attached hydrogens (tertiary/aromatic N) is 3. The molecule has 222 valence electrons. The molecule has 0 aliphatic carbocycles. The van der Waals surface area contributed by atoms with Crippen LogP contribution in [0.3, 0.4) is 0 Å². The second-order valence-corrected chi connectivity index (χ2v) is 14.4. The average Bonchev–Trinajstić information content (AvgIpc) is 3.41. The quantitative estimate of drug-likeness (QED) is 0.416. The number of amides is 1. The van der Waals surface area contributed by atoms with Crippen LogP contribution < -0.4 is 0 Å². The third-order valence-electron chi connectivity index (χ3n) is 9.00. The van der Waals surface area contributed by atoms with Gasteiger partial charge in [0.25, 0.3) is 0 Å². The van der Waals surface area contributed by atoms with Gasteiger partial charge in [-0.1, -0.05) is 56.3 Å². The minimum Gasteiger partial charge on any atom is -0.338 e. The maximum absolute atomic E-state index is 13.6. The van der Waals surface area contributed by atoms with Gasteiger partial charge in [0.15, 0.2) is 9.84 Å². The van der Waals surface area contributed by atoms with Crippen LogP contribution in [0.25, 0.3) is 0 Å². The van der Waals surface area contributed by atoms with E-state index in [2.05, 4.69) is 54.0 Å². The second-order valence-electron chi connectivity index (χ2n) is 12.4. The van der Waals surface area contributed by atoms with Gasteiger partial charge in [-0.25, -0.2) is 8.42 Å². The van der Waals surface area contributed by atoms with E-state index in [9.17, 15) is 13.2 Å². The summed E-state index contributed by atoms with van der Waals surface area (Å²) in [6.07, 6.45) is 4.03. The highest BCUT2D eigenvalue weighted by atomic mass is 35.5. The summed E-state index contributed by atoms with van der Waals surface area (Å²) in [4.78, 5) is 21.1. The standard InChI is InChI=1S/C31H43N3O3S.2ClH/c1-24(2)19-33-22-27(29(23-33)26-7-5-4-6-8-26)21-32-16-13-31(14-17-32)15-18-34(30(31)35)20-25-9-11-28(12-10-25)38(3,36)37;;/h4-12,24,27,29H,13-23H2,1-3H3;2*1H. The summed E-state index contributed by atoms with van der Waals surface area (Å²) in [6.45, 7) is 12.5. The molecule has 40 heavy (non-hydrogen) atoms. The highest BCUT2D eigenvalue weighted by Crippen LogP contribution is 2.43. The molecule has 9 heteroatoms. The monoisotopic (exact) mass is 609 g/mol. The van der Waals surface area contributed by atoms with Crippen molar-refractivity contribution in [2.24, 2.45) is 17.3 Å². The summed E-state index contributed by atoms with van der Waals surface area (Å²) in [6, 6.07) is 18.0. The predicted molar refractivity (Wildman–Crippen MR) is 166 cm³/mol. The molecule has 2 aromatic carbocycles. The van der Waals surface area contributed by atoms with E-state index in [-0.39, 0.29) is 36.1 Å². The lowest BCUT2D eigenvalue weighted by Crippen LogP contribution is -2.46. The van der Waals surface area contributed by atoms with Crippen LogP contribution in [-0.4, -0.2) is 81.1 Å². The van der Waals surface area contributed by atoms with Gasteiger partial charge >= 0.3 is 0 Å². The molecule has 3 heterocycles. The summed E-state index contributed by atoms with van der Waals surface area (Å²) < 4.78 is 23.5. The molecule has 2 atom stereocenters. The van der Waals surface area contributed by atoms with Gasteiger partial charge in [0.05, 0.1) is 10.3 Å². The predicted octanol–water partition coefficient (Wildman–Crippen LogP) is 5.12. The Morgan fingerprint density at radius 3 is 2.10 bits per heavy atom. The molecule has 3 saturated heterocycles. The van der Waals surface area contributed by atoms with Crippen LogP contribution in [0.4, 0.5) is 0 Å². The van der Waals surface area contributed by atoms with E-state index in [0.717, 1.165) is 70.6 Å². The fourth-order valence-corrected chi connectivity index (χ4v) is 7.58. The molecule has 2 unspecified atom stereocenters. The van der Waals surface area contributed by atoms with Gasteiger partial charge in [0, 0.05) is 51.4 Å². The normalized spacial score (nSPS) is 23.4. The molecule has 0 saturated carbocycles. The van der Waals surface area contributed by atoms with E-state index < -0.39 is 9.84 Å². The Kier molecular flexibility index (Phi) is 11.1. The van der Waals surface area contributed by atoms with Gasteiger partial charge < -0.3 is 14.7 Å². The van der Waals surface area contributed by atoms with Crippen molar-refractivity contribution in [3.05, 3.63) is 65.7 Å². The third-order valence-corrected chi connectivity index (χ3v) is 10.1. The van der Waals surface area contributed by atoms with Crippen LogP contribution in [0.15, 0.2) is 59.5 Å². The number of halogens is 2. The van der Waals surface area contributed by atoms with Crippen LogP contribution in [0.1, 0.15) is 50.2 Å². The molecule has 0 radical (unpaired) electrons. The first kappa shape index (κ1) is 32.9. The zero-order chi connectivity index (χ0) is 26.9. The summed E-state index contributed by atoms with van der Waals surface area (Å²) >= 11 is 0. The maximum atomic E-state index is 13.6. The van der Waals surface area contributed by atoms with Crippen LogP contribution in [0, 0.1) is 17.3 Å². The molecular weight excluding hydrogens is 565 g/mol. The first-order valence-corrected chi connectivity index (χ1v) is 16.1. The largest absolute Gasteiger partial charge is 0.338 e. The van der Waals surface area contributed by atoms with E-state index in [1.165, 1.54) is 11.8 Å². The van der Waals surface area contributed by atoms with Gasteiger partial charge in [-0.15, -0.1) is 24.8 Å². The van der Waals surface area contributed by atoms with Crippen LogP contribution in [-0.2, 0) is 21.2 Å². The van der Waals surface area contributed by atoms with E-state index >= 15 is 0 Å². The van der Waals surface area contributed by atoms with Crippen molar-refractivity contribution < 1.29 is 13.2 Å². The molecule has 1 spiro atoms. The molecule has 5 rings (SSSR count). The molecule has 0 N–H and O–H groups in total. The molecule has 3 aliphatic heterocycles. The Labute approximate surface area is 253 Å². The fraction of sp³-hybridized carbons (Fsp3) is 0.581. The lowest BCUT2D eigenvalue weighted by atomic mass is 9.76. The minimum absolute atomic E-state index is 0. The third kappa shape index (κ3) is 7.40. The number of rotatable bonds is 8. The van der Waals surface area contributed by atoms with Crippen molar-refractivity contribution in [3.8, 4) is 0 Å². The van der Waals surface area contributed by atoms with Crippen LogP contribution in [0.2, 0.25) is 0 Å². The first-order valence-electron chi connectivity index (χ1n) is 14.2. The highest BCUT2D eigenvalue weighted by Gasteiger charge is 2.48. The van der Waals surface area contributed by atoms with E-state index in [0.29, 0.717) is 29.2 Å². The first-order chi connectivity index (χ1) is 18.1. The second kappa shape index (κ2) is 13.6. The van der Waals surface area contributed by atoms with Crippen molar-refractivity contribution in [2.45, 2.75) is 50.5 Å². The highest BCUT2D eigenvalue weighted by molar-refractivity contribution is 7.90. The molecule has 6 nitrogen and oxygen atoms in total. The van der Waals surface area contributed by atoms with Gasteiger partial charge in [0.2, 0.25) is 5.91 Å². The summed E-state index contributed by atoms with van der Waals surface area (Å²) in [5.41, 5.74) is 2.23. The Bertz CT molecular complexity index is 1220. The minimum atomic E-state index is -3.21. The van der Waals surface area contributed by atoms with Gasteiger partial charge in [0.1, 0.15) is 0 Å². The number of carbonyl (C=O) groups is 1. The number of benzene rings is 2. The summed E-state index contributed by atoms with van der Waals surface area (Å²) in [7, 11) is -3.21. The smallest absolute Gasteiger partial charge is 0.229 e. The molecule has 2 aromatic rings. The zero-order valence-corrected chi connectivity index (χ0v) is 26.4. The van der Waals surface area contributed by atoms with Crippen LogP contribution in [0.5, 0.6) is 0 Å². The van der Waals surface area contributed by atoms with Crippen molar-refractivity contribution >= 4 is 40.6 Å². The molecule has 3 fully saturated rings. The van der Waals surface area contributed by atoms with Crippen LogP contribution >= 0.6 is 24.8 Å². The zero-order valence-electron chi connectivity index (χ0n) is 24.0. The van der Waals surface area contributed by atoms with Gasteiger partial charge in [-0.2, -0.15) is 0 Å². The van der Waals surface area contributed by atoms with Crippen molar-refractivity contribution in [1.29, 1.82) is 0 Å². The average molecular weight is 611 g/mol. The van der Waals surface area contributed by atoms with Gasteiger partial charge in [-0.05, 0) is 67.4 Å². The van der Waals surface area contributed by atoms with Crippen molar-refractivity contribution in [1.82, 2.24) is 14.7 Å². The van der Waals surface area contributed by atoms with E-state index in [4.69, 9.17) is 0 Å². The lowest BCUT2D eigenvalue weighted by Gasteiger charge is -2.39. The Hall–Kier alpha value is -1.64. The van der Waals surface area contributed by atoms with E-state index in [1.807, 2.05) is 17.0 Å². The number of sulfone groups is 1. The topological polar surface area (TPSA) is 60.9 Å². The number of carbonyl (C=O) groups excluding carboxylic acids is 1. The van der Waals surface area contributed by atoms with Gasteiger partial charge in [-0.3, -0.25) is 4.79 Å². The SMILES string of the molecule is CC(C)CN1CC(CN2CCC3(CC2)CCN(Cc2ccc(S(C)(=O)=O)cc2)C3=O)C(c2ccccc2)C1.Cl.Cl. The molecule has 3 aliphatic rings. The molecule has 0 bridgehead atoms. The van der Waals surface area contributed by atoms with Crippen molar-refractivity contribution in [3.63, 3.8) is 0 Å². The summed E-state index contributed by atoms with van der Waals surface area (Å²) in [5.74, 6) is 2.16. The number of likely N-dealkylation sites (tertiary alicyclic amines) is 3. The Morgan fingerprint density at radius 2 is 1.50 bits per heavy atom. The summed E-state index contributed by atoms with van der Waals surface area (Å²) in [5, 5.41) is 0. The maximum Gasteiger partial charge on any atom is 0.229 e. The Balaban J connectivity index is 0.00000220. The number of piperidine rings is 1. The Morgan fingerprint density at radius 1 is 0.875 bits per heavy atom. The molecular formula is C31H45Cl2N3O3S. The number of hydrogen-bond donors (Lipinski definition) is 0. The molecule has 1 amide bonds. The molecule has 0 aromatic heterocycles.